The Kier molecular flexibility index (Phi) is 5.61. The molecular weight excluding hydrogens is 356 g/mol. The Labute approximate surface area is 149 Å². The molecule has 0 amide bonds. The monoisotopic (exact) mass is 382 g/mol. The number of rotatable bonds is 3. The highest BCUT2D eigenvalue weighted by molar-refractivity contribution is 4.98. The van der Waals surface area contributed by atoms with Gasteiger partial charge in [-0.2, -0.15) is 0 Å². The highest BCUT2D eigenvalue weighted by Crippen LogP contribution is 2.39. The van der Waals surface area contributed by atoms with Crippen molar-refractivity contribution in [2.24, 2.45) is 0 Å². The minimum Gasteiger partial charge on any atom is -0.394 e. The van der Waals surface area contributed by atoms with E-state index in [1.165, 1.54) is 0 Å². The van der Waals surface area contributed by atoms with Crippen LogP contribution in [0, 0.1) is 0 Å². The van der Waals surface area contributed by atoms with Gasteiger partial charge in [0.15, 0.2) is 12.1 Å². The SMILES string of the molecule is CC1(C)OC[C@]2(OC[C@@H](O[C@@H]3O[C@H](CO)[C@H](O)[C@H](O)[C@H]3O)[C@H](O)[C@@H]2O)O1. The number of aliphatic hydroxyl groups excluding tert-OH is 6. The van der Waals surface area contributed by atoms with E-state index in [-0.39, 0.29) is 13.2 Å². The van der Waals surface area contributed by atoms with E-state index >= 15 is 0 Å². The molecule has 152 valence electrons. The van der Waals surface area contributed by atoms with Gasteiger partial charge in [-0.1, -0.05) is 0 Å². The number of hydrogen-bond donors (Lipinski definition) is 6. The van der Waals surface area contributed by atoms with Crippen molar-refractivity contribution < 1.29 is 54.3 Å². The number of hydrogen-bond acceptors (Lipinski definition) is 11. The first-order valence-corrected chi connectivity index (χ1v) is 8.40. The fourth-order valence-electron chi connectivity index (χ4n) is 3.31. The van der Waals surface area contributed by atoms with Crippen LogP contribution in [0.2, 0.25) is 0 Å². The molecule has 3 fully saturated rings. The van der Waals surface area contributed by atoms with Gasteiger partial charge in [0, 0.05) is 0 Å². The molecule has 26 heavy (non-hydrogen) atoms. The predicted octanol–water partition coefficient (Wildman–Crippen LogP) is -3.60. The Bertz CT molecular complexity index is 500. The van der Waals surface area contributed by atoms with Crippen LogP contribution in [0.3, 0.4) is 0 Å². The third-order valence-corrected chi connectivity index (χ3v) is 4.84. The second-order valence-electron chi connectivity index (χ2n) is 7.22. The van der Waals surface area contributed by atoms with Crippen molar-refractivity contribution in [3.8, 4) is 0 Å². The molecule has 9 atom stereocenters. The molecule has 3 rings (SSSR count). The van der Waals surface area contributed by atoms with E-state index in [0.717, 1.165) is 0 Å². The van der Waals surface area contributed by atoms with Gasteiger partial charge < -0.3 is 54.3 Å². The Balaban J connectivity index is 1.66. The first-order chi connectivity index (χ1) is 12.1. The summed E-state index contributed by atoms with van der Waals surface area (Å²) in [4.78, 5) is 0. The summed E-state index contributed by atoms with van der Waals surface area (Å²) in [6.07, 6.45) is -11.5. The van der Waals surface area contributed by atoms with Gasteiger partial charge in [0.05, 0.1) is 13.2 Å². The molecule has 3 aliphatic heterocycles. The van der Waals surface area contributed by atoms with Crippen molar-refractivity contribution >= 4 is 0 Å². The summed E-state index contributed by atoms with van der Waals surface area (Å²) >= 11 is 0. The summed E-state index contributed by atoms with van der Waals surface area (Å²) in [5.41, 5.74) is 0. The second-order valence-corrected chi connectivity index (χ2v) is 7.22. The highest BCUT2D eigenvalue weighted by atomic mass is 16.8. The van der Waals surface area contributed by atoms with Crippen LogP contribution in [0.5, 0.6) is 0 Å². The van der Waals surface area contributed by atoms with E-state index in [1.54, 1.807) is 13.8 Å². The fraction of sp³-hybridized carbons (Fsp3) is 1.00. The first-order valence-electron chi connectivity index (χ1n) is 8.40. The maximum atomic E-state index is 10.4. The molecule has 3 aliphatic rings. The molecule has 0 saturated carbocycles. The topological polar surface area (TPSA) is 168 Å². The highest BCUT2D eigenvalue weighted by Gasteiger charge is 2.59. The largest absolute Gasteiger partial charge is 0.394 e. The van der Waals surface area contributed by atoms with Crippen LogP contribution in [-0.2, 0) is 23.7 Å². The summed E-state index contributed by atoms with van der Waals surface area (Å²) < 4.78 is 27.2. The van der Waals surface area contributed by atoms with Crippen molar-refractivity contribution in [2.75, 3.05) is 19.8 Å². The van der Waals surface area contributed by atoms with Crippen LogP contribution >= 0.6 is 0 Å². The zero-order valence-electron chi connectivity index (χ0n) is 14.5. The lowest BCUT2D eigenvalue weighted by molar-refractivity contribution is -0.369. The Morgan fingerprint density at radius 1 is 0.962 bits per heavy atom. The molecule has 11 heteroatoms. The van der Waals surface area contributed by atoms with E-state index in [4.69, 9.17) is 23.7 Å². The molecule has 1 spiro atoms. The van der Waals surface area contributed by atoms with Crippen LogP contribution in [-0.4, -0.2) is 111 Å². The minimum absolute atomic E-state index is 0.0923. The zero-order valence-corrected chi connectivity index (χ0v) is 14.5. The van der Waals surface area contributed by atoms with E-state index in [1.807, 2.05) is 0 Å². The molecule has 11 nitrogen and oxygen atoms in total. The standard InChI is InChI=1S/C15H26O11/c1-14(2)23-5-15(26-14)12(21)9(18)7(4-22-15)25-13-11(20)10(19)8(17)6(3-16)24-13/h6-13,16-21H,3-5H2,1-2H3/t6-,7-,8+,9+,10+,11-,12+,13+,15+/m1/s1. The molecule has 0 bridgehead atoms. The first kappa shape index (κ1) is 20.3. The van der Waals surface area contributed by atoms with Crippen molar-refractivity contribution in [3.05, 3.63) is 0 Å². The summed E-state index contributed by atoms with van der Waals surface area (Å²) in [5.74, 6) is -2.54. The molecule has 0 aromatic rings. The smallest absolute Gasteiger partial charge is 0.224 e. The van der Waals surface area contributed by atoms with Gasteiger partial charge in [-0.3, -0.25) is 0 Å². The van der Waals surface area contributed by atoms with Gasteiger partial charge in [0.2, 0.25) is 5.79 Å². The van der Waals surface area contributed by atoms with Crippen molar-refractivity contribution in [1.29, 1.82) is 0 Å². The molecule has 0 aliphatic carbocycles. The molecule has 0 radical (unpaired) electrons. The van der Waals surface area contributed by atoms with Crippen LogP contribution < -0.4 is 0 Å². The molecule has 3 saturated heterocycles. The maximum Gasteiger partial charge on any atom is 0.224 e. The fourth-order valence-corrected chi connectivity index (χ4v) is 3.31. The molecule has 0 unspecified atom stereocenters. The van der Waals surface area contributed by atoms with Crippen LogP contribution in [0.1, 0.15) is 13.8 Å². The average Bonchev–Trinajstić information content (AvgIpc) is 2.91. The Morgan fingerprint density at radius 3 is 2.23 bits per heavy atom. The third kappa shape index (κ3) is 3.50. The van der Waals surface area contributed by atoms with Gasteiger partial charge in [0.25, 0.3) is 0 Å². The number of aliphatic hydroxyl groups is 6. The van der Waals surface area contributed by atoms with Crippen LogP contribution in [0.25, 0.3) is 0 Å². The third-order valence-electron chi connectivity index (χ3n) is 4.84. The minimum atomic E-state index is -1.63. The van der Waals surface area contributed by atoms with Gasteiger partial charge in [-0.15, -0.1) is 0 Å². The second kappa shape index (κ2) is 7.18. The summed E-state index contributed by atoms with van der Waals surface area (Å²) in [7, 11) is 0. The van der Waals surface area contributed by atoms with E-state index in [9.17, 15) is 30.6 Å². The molecule has 3 heterocycles. The normalized spacial score (nSPS) is 51.7. The van der Waals surface area contributed by atoms with Gasteiger partial charge in [0.1, 0.15) is 49.3 Å². The molecule has 6 N–H and O–H groups in total. The van der Waals surface area contributed by atoms with Crippen molar-refractivity contribution in [3.63, 3.8) is 0 Å². The van der Waals surface area contributed by atoms with Gasteiger partial charge >= 0.3 is 0 Å². The molecular formula is C15H26O11. The zero-order chi connectivity index (χ0) is 19.3. The summed E-state index contributed by atoms with van der Waals surface area (Å²) in [5, 5.41) is 59.6. The van der Waals surface area contributed by atoms with Crippen LogP contribution in [0.15, 0.2) is 0 Å². The van der Waals surface area contributed by atoms with E-state index in [2.05, 4.69) is 0 Å². The lowest BCUT2D eigenvalue weighted by Crippen LogP contribution is -2.65. The lowest BCUT2D eigenvalue weighted by Gasteiger charge is -2.46. The maximum absolute atomic E-state index is 10.4. The van der Waals surface area contributed by atoms with Crippen LogP contribution in [0.4, 0.5) is 0 Å². The molecule has 0 aromatic carbocycles. The van der Waals surface area contributed by atoms with Gasteiger partial charge in [-0.25, -0.2) is 0 Å². The predicted molar refractivity (Wildman–Crippen MR) is 80.5 cm³/mol. The van der Waals surface area contributed by atoms with Crippen molar-refractivity contribution in [2.45, 2.75) is 74.4 Å². The number of ether oxygens (including phenoxy) is 5. The quantitative estimate of drug-likeness (QED) is 0.285. The summed E-state index contributed by atoms with van der Waals surface area (Å²) in [6, 6.07) is 0. The summed E-state index contributed by atoms with van der Waals surface area (Å²) in [6.45, 7) is 2.36. The van der Waals surface area contributed by atoms with E-state index < -0.39 is 67.2 Å². The van der Waals surface area contributed by atoms with Gasteiger partial charge in [-0.05, 0) is 13.8 Å². The lowest BCUT2D eigenvalue weighted by atomic mass is 9.96. The average molecular weight is 382 g/mol. The van der Waals surface area contributed by atoms with Crippen molar-refractivity contribution in [1.82, 2.24) is 0 Å². The Hall–Kier alpha value is -0.440. The Morgan fingerprint density at radius 2 is 1.65 bits per heavy atom. The molecule has 0 aromatic heterocycles. The van der Waals surface area contributed by atoms with E-state index in [0.29, 0.717) is 0 Å².